The molecule has 1 N–H and O–H groups in total. The molecule has 1 aromatic carbocycles. The molecule has 1 atom stereocenters. The van der Waals surface area contributed by atoms with Crippen molar-refractivity contribution in [1.29, 1.82) is 0 Å². The molecule has 176 valence electrons. The van der Waals surface area contributed by atoms with Gasteiger partial charge in [0.15, 0.2) is 0 Å². The number of benzene rings is 1. The van der Waals surface area contributed by atoms with Gasteiger partial charge in [0.05, 0.1) is 36.1 Å². The zero-order valence-electron chi connectivity index (χ0n) is 19.2. The molecule has 5 rings (SSSR count). The highest BCUT2D eigenvalue weighted by Crippen LogP contribution is 2.42. The van der Waals surface area contributed by atoms with Crippen molar-refractivity contribution in [2.45, 2.75) is 51.9 Å². The van der Waals surface area contributed by atoms with Crippen molar-refractivity contribution < 1.29 is 19.2 Å². The number of halogens is 1. The number of nitrogens with zero attached hydrogens (tertiary/aromatic N) is 1. The average Bonchev–Trinajstić information content (AvgIpc) is 3.72. The lowest BCUT2D eigenvalue weighted by molar-refractivity contribution is -0.146. The van der Waals surface area contributed by atoms with E-state index in [4.69, 9.17) is 26.0 Å². The van der Waals surface area contributed by atoms with E-state index in [9.17, 15) is 4.79 Å². The molecule has 0 radical (unpaired) electrons. The van der Waals surface area contributed by atoms with Gasteiger partial charge in [-0.3, -0.25) is 4.79 Å². The van der Waals surface area contributed by atoms with Crippen LogP contribution in [0, 0.1) is 17.8 Å². The molecule has 1 aromatic rings. The fraction of sp³-hybridized carbons (Fsp3) is 0.500. The summed E-state index contributed by atoms with van der Waals surface area (Å²) in [5.74, 6) is 1.65. The number of fused-ring (bicyclic) bond motifs is 1. The summed E-state index contributed by atoms with van der Waals surface area (Å²) < 4.78 is 12.0. The van der Waals surface area contributed by atoms with Crippen LogP contribution in [0.4, 0.5) is 0 Å². The molecule has 4 aliphatic rings. The third-order valence-corrected chi connectivity index (χ3v) is 6.69. The molecule has 2 aliphatic heterocycles. The molecule has 2 fully saturated rings. The summed E-state index contributed by atoms with van der Waals surface area (Å²) in [7, 11) is 0. The lowest BCUT2D eigenvalue weighted by atomic mass is 9.88. The van der Waals surface area contributed by atoms with Gasteiger partial charge >= 0.3 is 5.97 Å². The lowest BCUT2D eigenvalue weighted by Crippen LogP contribution is -2.19. The van der Waals surface area contributed by atoms with Gasteiger partial charge < -0.3 is 9.47 Å². The van der Waals surface area contributed by atoms with Gasteiger partial charge in [0.25, 0.3) is 0 Å². The molecule has 0 saturated heterocycles. The normalized spacial score (nSPS) is 20.2. The van der Waals surface area contributed by atoms with E-state index in [1.165, 1.54) is 12.8 Å². The van der Waals surface area contributed by atoms with Crippen LogP contribution < -0.4 is 10.2 Å². The first-order chi connectivity index (χ1) is 16.0. The summed E-state index contributed by atoms with van der Waals surface area (Å²) >= 11 is 6.88. The molecule has 33 heavy (non-hydrogen) atoms. The third kappa shape index (κ3) is 5.39. The van der Waals surface area contributed by atoms with Gasteiger partial charge in [-0.1, -0.05) is 25.4 Å². The highest BCUT2D eigenvalue weighted by Gasteiger charge is 2.30. The Kier molecular flexibility index (Phi) is 6.39. The van der Waals surface area contributed by atoms with Crippen molar-refractivity contribution in [3.05, 3.63) is 58.5 Å². The second-order valence-corrected chi connectivity index (χ2v) is 10.3. The fourth-order valence-electron chi connectivity index (χ4n) is 4.11. The molecule has 7 heteroatoms. The van der Waals surface area contributed by atoms with E-state index in [2.05, 4.69) is 19.3 Å². The topological polar surface area (TPSA) is 60.0 Å². The van der Waals surface area contributed by atoms with E-state index in [1.54, 1.807) is 11.3 Å². The first-order valence-electron chi connectivity index (χ1n) is 11.9. The zero-order chi connectivity index (χ0) is 22.9. The van der Waals surface area contributed by atoms with Crippen LogP contribution in [0.3, 0.4) is 0 Å². The molecule has 2 saturated carbocycles. The Morgan fingerprint density at radius 3 is 2.70 bits per heavy atom. The highest BCUT2D eigenvalue weighted by molar-refractivity contribution is 6.33. The molecular weight excluding hydrogens is 440 g/mol. The minimum atomic E-state index is -0.361. The predicted molar refractivity (Wildman–Crippen MR) is 127 cm³/mol. The van der Waals surface area contributed by atoms with Gasteiger partial charge in [0.2, 0.25) is 0 Å². The van der Waals surface area contributed by atoms with Crippen LogP contribution in [-0.4, -0.2) is 24.2 Å². The molecule has 1 unspecified atom stereocenters. The predicted octanol–water partition coefficient (Wildman–Crippen LogP) is 5.72. The maximum atomic E-state index is 13.1. The first-order valence-corrected chi connectivity index (χ1v) is 12.3. The van der Waals surface area contributed by atoms with Crippen LogP contribution in [0.25, 0.3) is 5.57 Å². The maximum Gasteiger partial charge on any atom is 0.313 e. The van der Waals surface area contributed by atoms with Gasteiger partial charge in [-0.25, -0.2) is 10.5 Å². The number of carbonyl (C=O) groups is 1. The van der Waals surface area contributed by atoms with Crippen molar-refractivity contribution in [3.63, 3.8) is 0 Å². The van der Waals surface area contributed by atoms with Crippen LogP contribution in [-0.2, 0) is 14.5 Å². The molecule has 6 nitrogen and oxygen atoms in total. The van der Waals surface area contributed by atoms with Crippen molar-refractivity contribution >= 4 is 23.1 Å². The maximum absolute atomic E-state index is 13.1. The molecular formula is C26H31ClN2O4. The SMILES string of the molecule is CC(C)CC(C(=O)OCC1CC1)c1cc(Cl)c(C2=CC3=CNON3C=C2)c(OCC2CC2)c1. The quantitative estimate of drug-likeness (QED) is 0.441. The van der Waals surface area contributed by atoms with Crippen LogP contribution in [0.5, 0.6) is 5.75 Å². The Balaban J connectivity index is 1.48. The molecule has 0 spiro atoms. The summed E-state index contributed by atoms with van der Waals surface area (Å²) in [6, 6.07) is 3.90. The van der Waals surface area contributed by atoms with Crippen LogP contribution in [0.1, 0.15) is 63.0 Å². The van der Waals surface area contributed by atoms with E-state index in [1.807, 2.05) is 30.5 Å². The Morgan fingerprint density at radius 1 is 1.21 bits per heavy atom. The molecule has 0 aromatic heterocycles. The summed E-state index contributed by atoms with van der Waals surface area (Å²) in [5.41, 5.74) is 6.25. The number of hydrogen-bond donors (Lipinski definition) is 1. The largest absolute Gasteiger partial charge is 0.493 e. The number of hydroxylamine groups is 3. The number of ether oxygens (including phenoxy) is 2. The number of rotatable bonds is 10. The Labute approximate surface area is 200 Å². The fourth-order valence-corrected chi connectivity index (χ4v) is 4.43. The minimum absolute atomic E-state index is 0.167. The number of hydrogen-bond acceptors (Lipinski definition) is 6. The van der Waals surface area contributed by atoms with Crippen LogP contribution >= 0.6 is 11.6 Å². The zero-order valence-corrected chi connectivity index (χ0v) is 19.9. The number of esters is 1. The molecule has 0 bridgehead atoms. The monoisotopic (exact) mass is 470 g/mol. The molecule has 0 amide bonds. The third-order valence-electron chi connectivity index (χ3n) is 6.39. The standard InChI is InChI=1S/C26H31ClN2O4/c1-16(2)9-22(26(30)32-15-18-5-6-18)20-11-23(27)25(24(12-20)31-14-17-3-4-17)19-7-8-29-21(10-19)13-28-33-29/h7-8,10-13,16-18,22,28H,3-6,9,14-15H2,1-2H3. The smallest absolute Gasteiger partial charge is 0.313 e. The van der Waals surface area contributed by atoms with Gasteiger partial charge in [0, 0.05) is 11.8 Å². The van der Waals surface area contributed by atoms with E-state index < -0.39 is 0 Å². The number of nitrogens with one attached hydrogen (secondary N) is 1. The van der Waals surface area contributed by atoms with Crippen LogP contribution in [0.2, 0.25) is 5.02 Å². The summed E-state index contributed by atoms with van der Waals surface area (Å²) in [4.78, 5) is 18.3. The Morgan fingerprint density at radius 2 is 1.97 bits per heavy atom. The van der Waals surface area contributed by atoms with Gasteiger partial charge in [0.1, 0.15) is 5.75 Å². The average molecular weight is 471 g/mol. The summed E-state index contributed by atoms with van der Waals surface area (Å²) in [6.45, 7) is 5.42. The van der Waals surface area contributed by atoms with Crippen molar-refractivity contribution in [2.75, 3.05) is 13.2 Å². The second-order valence-electron chi connectivity index (χ2n) is 9.91. The first kappa shape index (κ1) is 22.4. The summed E-state index contributed by atoms with van der Waals surface area (Å²) in [5, 5.41) is 2.21. The molecule has 2 heterocycles. The van der Waals surface area contributed by atoms with Crippen molar-refractivity contribution in [3.8, 4) is 5.75 Å². The van der Waals surface area contributed by atoms with E-state index in [0.29, 0.717) is 48.2 Å². The van der Waals surface area contributed by atoms with Crippen molar-refractivity contribution in [1.82, 2.24) is 10.5 Å². The van der Waals surface area contributed by atoms with Gasteiger partial charge in [-0.05, 0) is 85.3 Å². The minimum Gasteiger partial charge on any atom is -0.493 e. The van der Waals surface area contributed by atoms with E-state index in [0.717, 1.165) is 35.2 Å². The summed E-state index contributed by atoms with van der Waals surface area (Å²) in [6.07, 6.45) is 13.0. The second kappa shape index (κ2) is 9.43. The Bertz CT molecular complexity index is 1010. The highest BCUT2D eigenvalue weighted by atomic mass is 35.5. The van der Waals surface area contributed by atoms with Crippen molar-refractivity contribution in [2.24, 2.45) is 17.8 Å². The van der Waals surface area contributed by atoms with Gasteiger partial charge in [-0.2, -0.15) is 4.94 Å². The number of carbonyl (C=O) groups excluding carboxylic acids is 1. The van der Waals surface area contributed by atoms with E-state index in [-0.39, 0.29) is 11.9 Å². The molecule has 2 aliphatic carbocycles. The number of allylic oxidation sites excluding steroid dienone is 3. The van der Waals surface area contributed by atoms with E-state index >= 15 is 0 Å². The Hall–Kier alpha value is -2.44. The lowest BCUT2D eigenvalue weighted by Gasteiger charge is -2.23. The van der Waals surface area contributed by atoms with Crippen LogP contribution in [0.15, 0.2) is 42.4 Å². The van der Waals surface area contributed by atoms with Gasteiger partial charge in [-0.15, -0.1) is 0 Å².